The molecular weight excluding hydrogens is 210 g/mol. The summed E-state index contributed by atoms with van der Waals surface area (Å²) in [4.78, 5) is 22.1. The molecule has 0 aliphatic heterocycles. The molecule has 1 amide bonds. The lowest BCUT2D eigenvalue weighted by Crippen LogP contribution is -2.34. The zero-order valence-electron chi connectivity index (χ0n) is 9.62. The number of carbonyl (C=O) groups excluding carboxylic acids is 2. The minimum absolute atomic E-state index is 0.156. The number of ether oxygens (including phenoxy) is 2. The van der Waals surface area contributed by atoms with Gasteiger partial charge in [-0.1, -0.05) is 12.7 Å². The van der Waals surface area contributed by atoms with E-state index >= 15 is 0 Å². The zero-order valence-corrected chi connectivity index (χ0v) is 9.62. The summed E-state index contributed by atoms with van der Waals surface area (Å²) in [7, 11) is 0. The highest BCUT2D eigenvalue weighted by Crippen LogP contribution is 2.01. The first-order valence-corrected chi connectivity index (χ1v) is 4.80. The SMILES string of the molecule is C=CCOCOC(=O)C(=C)C(C)NC(C)=O. The second-order valence-corrected chi connectivity index (χ2v) is 3.16. The molecule has 0 rings (SSSR count). The molecule has 0 aromatic heterocycles. The van der Waals surface area contributed by atoms with Gasteiger partial charge in [0, 0.05) is 6.92 Å². The maximum absolute atomic E-state index is 11.4. The van der Waals surface area contributed by atoms with Crippen LogP contribution in [0.15, 0.2) is 24.8 Å². The number of rotatable bonds is 7. The Labute approximate surface area is 95.1 Å². The van der Waals surface area contributed by atoms with E-state index in [-0.39, 0.29) is 18.3 Å². The van der Waals surface area contributed by atoms with Gasteiger partial charge >= 0.3 is 5.97 Å². The van der Waals surface area contributed by atoms with E-state index in [1.54, 1.807) is 13.0 Å². The molecule has 0 bridgehead atoms. The minimum Gasteiger partial charge on any atom is -0.435 e. The summed E-state index contributed by atoms with van der Waals surface area (Å²) in [5.74, 6) is -0.824. The van der Waals surface area contributed by atoms with E-state index in [2.05, 4.69) is 18.5 Å². The third kappa shape index (κ3) is 5.98. The van der Waals surface area contributed by atoms with Gasteiger partial charge in [-0.05, 0) is 6.92 Å². The largest absolute Gasteiger partial charge is 0.435 e. The van der Waals surface area contributed by atoms with Crippen molar-refractivity contribution in [1.82, 2.24) is 5.32 Å². The van der Waals surface area contributed by atoms with Crippen LogP contribution >= 0.6 is 0 Å². The van der Waals surface area contributed by atoms with Crippen LogP contribution in [0.2, 0.25) is 0 Å². The van der Waals surface area contributed by atoms with Gasteiger partial charge in [-0.3, -0.25) is 4.79 Å². The molecule has 0 spiro atoms. The lowest BCUT2D eigenvalue weighted by molar-refractivity contribution is -0.150. The first-order valence-electron chi connectivity index (χ1n) is 4.80. The Morgan fingerprint density at radius 1 is 1.50 bits per heavy atom. The van der Waals surface area contributed by atoms with Gasteiger partial charge < -0.3 is 14.8 Å². The summed E-state index contributed by atoms with van der Waals surface area (Å²) >= 11 is 0. The molecule has 0 heterocycles. The fourth-order valence-corrected chi connectivity index (χ4v) is 0.888. The fourth-order valence-electron chi connectivity index (χ4n) is 0.888. The van der Waals surface area contributed by atoms with Gasteiger partial charge in [-0.15, -0.1) is 6.58 Å². The Kier molecular flexibility index (Phi) is 6.87. The van der Waals surface area contributed by atoms with Crippen LogP contribution in [0.3, 0.4) is 0 Å². The Hall–Kier alpha value is -1.62. The van der Waals surface area contributed by atoms with Crippen LogP contribution in [0, 0.1) is 0 Å². The van der Waals surface area contributed by atoms with Crippen molar-refractivity contribution in [3.8, 4) is 0 Å². The molecule has 1 atom stereocenters. The molecule has 0 aliphatic carbocycles. The van der Waals surface area contributed by atoms with Crippen molar-refractivity contribution in [1.29, 1.82) is 0 Å². The lowest BCUT2D eigenvalue weighted by atomic mass is 10.1. The summed E-state index contributed by atoms with van der Waals surface area (Å²) in [6, 6.07) is -0.454. The van der Waals surface area contributed by atoms with Gasteiger partial charge in [0.25, 0.3) is 0 Å². The molecular formula is C11H17NO4. The third-order valence-electron chi connectivity index (χ3n) is 1.71. The smallest absolute Gasteiger partial charge is 0.337 e. The van der Waals surface area contributed by atoms with Gasteiger partial charge in [0.05, 0.1) is 18.2 Å². The molecule has 0 saturated heterocycles. The van der Waals surface area contributed by atoms with Crippen molar-refractivity contribution < 1.29 is 19.1 Å². The van der Waals surface area contributed by atoms with Gasteiger partial charge in [0.2, 0.25) is 5.91 Å². The summed E-state index contributed by atoms with van der Waals surface area (Å²) in [5.41, 5.74) is 0.178. The average molecular weight is 227 g/mol. The fraction of sp³-hybridized carbons (Fsp3) is 0.455. The molecule has 5 nitrogen and oxygen atoms in total. The van der Waals surface area contributed by atoms with Crippen molar-refractivity contribution in [2.45, 2.75) is 19.9 Å². The van der Waals surface area contributed by atoms with E-state index in [4.69, 9.17) is 9.47 Å². The van der Waals surface area contributed by atoms with Crippen molar-refractivity contribution in [3.63, 3.8) is 0 Å². The van der Waals surface area contributed by atoms with Gasteiger partial charge in [-0.25, -0.2) is 4.79 Å². The van der Waals surface area contributed by atoms with Crippen LogP contribution in [0.1, 0.15) is 13.8 Å². The number of hydrogen-bond donors (Lipinski definition) is 1. The maximum atomic E-state index is 11.4. The second kappa shape index (κ2) is 7.64. The highest BCUT2D eigenvalue weighted by molar-refractivity contribution is 5.90. The first-order chi connectivity index (χ1) is 7.49. The van der Waals surface area contributed by atoms with Gasteiger partial charge in [-0.2, -0.15) is 0 Å². The standard InChI is InChI=1S/C11H17NO4/c1-5-6-15-7-16-11(14)8(2)9(3)12-10(4)13/h5,9H,1-2,6-7H2,3-4H3,(H,12,13). The third-order valence-corrected chi connectivity index (χ3v) is 1.71. The normalized spacial score (nSPS) is 11.4. The molecule has 1 unspecified atom stereocenters. The van der Waals surface area contributed by atoms with Crippen molar-refractivity contribution >= 4 is 11.9 Å². The van der Waals surface area contributed by atoms with E-state index in [1.165, 1.54) is 6.92 Å². The molecule has 90 valence electrons. The lowest BCUT2D eigenvalue weighted by Gasteiger charge is -2.14. The predicted molar refractivity (Wildman–Crippen MR) is 59.5 cm³/mol. The summed E-state index contributed by atoms with van der Waals surface area (Å²) in [5, 5.41) is 2.53. The molecule has 0 aromatic rings. The Morgan fingerprint density at radius 2 is 2.12 bits per heavy atom. The van der Waals surface area contributed by atoms with Crippen LogP contribution in [0.25, 0.3) is 0 Å². The predicted octanol–water partition coefficient (Wildman–Crippen LogP) is 0.770. The molecule has 0 saturated carbocycles. The van der Waals surface area contributed by atoms with E-state index < -0.39 is 12.0 Å². The quantitative estimate of drug-likeness (QED) is 0.229. The van der Waals surface area contributed by atoms with Crippen molar-refractivity contribution in [2.75, 3.05) is 13.4 Å². The monoisotopic (exact) mass is 227 g/mol. The van der Waals surface area contributed by atoms with Crippen LogP contribution in [0.4, 0.5) is 0 Å². The van der Waals surface area contributed by atoms with Crippen LogP contribution < -0.4 is 5.32 Å². The number of esters is 1. The van der Waals surface area contributed by atoms with Gasteiger partial charge in [0.1, 0.15) is 0 Å². The van der Waals surface area contributed by atoms with Crippen LogP contribution in [-0.2, 0) is 19.1 Å². The number of nitrogens with one attached hydrogen (secondary N) is 1. The van der Waals surface area contributed by atoms with Gasteiger partial charge in [0.15, 0.2) is 6.79 Å². The number of amides is 1. The van der Waals surface area contributed by atoms with E-state index in [1.807, 2.05) is 0 Å². The average Bonchev–Trinajstić information content (AvgIpc) is 2.22. The molecule has 1 N–H and O–H groups in total. The van der Waals surface area contributed by atoms with E-state index in [9.17, 15) is 9.59 Å². The molecule has 5 heteroatoms. The first kappa shape index (κ1) is 14.4. The second-order valence-electron chi connectivity index (χ2n) is 3.16. The minimum atomic E-state index is -0.592. The van der Waals surface area contributed by atoms with Crippen molar-refractivity contribution in [2.24, 2.45) is 0 Å². The summed E-state index contributed by atoms with van der Waals surface area (Å²) in [6.07, 6.45) is 1.54. The molecule has 0 aliphatic rings. The summed E-state index contributed by atoms with van der Waals surface area (Å²) in [6.45, 7) is 10.1. The zero-order chi connectivity index (χ0) is 12.6. The molecule has 0 aromatic carbocycles. The van der Waals surface area contributed by atoms with E-state index in [0.29, 0.717) is 6.61 Å². The van der Waals surface area contributed by atoms with Crippen molar-refractivity contribution in [3.05, 3.63) is 24.8 Å². The summed E-state index contributed by atoms with van der Waals surface area (Å²) < 4.78 is 9.62. The number of hydrogen-bond acceptors (Lipinski definition) is 4. The molecule has 0 fully saturated rings. The van der Waals surface area contributed by atoms with E-state index in [0.717, 1.165) is 0 Å². The topological polar surface area (TPSA) is 64.6 Å². The maximum Gasteiger partial charge on any atom is 0.337 e. The number of carbonyl (C=O) groups is 2. The Balaban J connectivity index is 3.93. The highest BCUT2D eigenvalue weighted by Gasteiger charge is 2.16. The highest BCUT2D eigenvalue weighted by atomic mass is 16.7. The molecule has 0 radical (unpaired) electrons. The van der Waals surface area contributed by atoms with Crippen LogP contribution in [-0.4, -0.2) is 31.3 Å². The Morgan fingerprint density at radius 3 is 2.62 bits per heavy atom. The van der Waals surface area contributed by atoms with Crippen LogP contribution in [0.5, 0.6) is 0 Å². The Bertz CT molecular complexity index is 286. The molecule has 16 heavy (non-hydrogen) atoms.